The standard InChI is InChI=1S/C23H24N2O2/c1-15-12-16(2)22(17(3)13-15)24-21(26)14-25(4)23(27)20-11-7-9-18-8-5-6-10-19(18)20/h5-13H,14H2,1-4H3,(H,24,26). The first-order valence-electron chi connectivity index (χ1n) is 8.97. The number of hydrogen-bond acceptors (Lipinski definition) is 2. The Labute approximate surface area is 159 Å². The Bertz CT molecular complexity index is 996. The van der Waals surface area contributed by atoms with E-state index >= 15 is 0 Å². The van der Waals surface area contributed by atoms with Crippen molar-refractivity contribution in [3.05, 3.63) is 76.9 Å². The predicted molar refractivity (Wildman–Crippen MR) is 110 cm³/mol. The average molecular weight is 360 g/mol. The van der Waals surface area contributed by atoms with E-state index in [1.807, 2.05) is 69.3 Å². The molecule has 4 heteroatoms. The van der Waals surface area contributed by atoms with Gasteiger partial charge in [0, 0.05) is 18.3 Å². The number of benzene rings is 3. The molecule has 0 atom stereocenters. The Balaban J connectivity index is 1.76. The van der Waals surface area contributed by atoms with E-state index in [9.17, 15) is 9.59 Å². The number of aryl methyl sites for hydroxylation is 3. The second-order valence-electron chi connectivity index (χ2n) is 7.01. The van der Waals surface area contributed by atoms with Gasteiger partial charge in [0.25, 0.3) is 5.91 Å². The summed E-state index contributed by atoms with van der Waals surface area (Å²) in [4.78, 5) is 26.8. The Morgan fingerprint density at radius 2 is 1.56 bits per heavy atom. The fourth-order valence-corrected chi connectivity index (χ4v) is 3.46. The zero-order valence-corrected chi connectivity index (χ0v) is 16.2. The minimum atomic E-state index is -0.207. The number of amides is 2. The van der Waals surface area contributed by atoms with E-state index in [-0.39, 0.29) is 18.4 Å². The maximum atomic E-state index is 12.9. The van der Waals surface area contributed by atoms with Crippen LogP contribution in [0.2, 0.25) is 0 Å². The number of rotatable bonds is 4. The molecule has 138 valence electrons. The van der Waals surface area contributed by atoms with Gasteiger partial charge in [0.2, 0.25) is 5.91 Å². The highest BCUT2D eigenvalue weighted by Crippen LogP contribution is 2.22. The van der Waals surface area contributed by atoms with Gasteiger partial charge >= 0.3 is 0 Å². The monoisotopic (exact) mass is 360 g/mol. The molecule has 0 saturated carbocycles. The Hall–Kier alpha value is -3.14. The van der Waals surface area contributed by atoms with Gasteiger partial charge < -0.3 is 10.2 Å². The van der Waals surface area contributed by atoms with Gasteiger partial charge in [-0.25, -0.2) is 0 Å². The van der Waals surface area contributed by atoms with Crippen LogP contribution in [0.1, 0.15) is 27.0 Å². The van der Waals surface area contributed by atoms with Gasteiger partial charge in [-0.15, -0.1) is 0 Å². The molecule has 0 heterocycles. The molecular weight excluding hydrogens is 336 g/mol. The summed E-state index contributed by atoms with van der Waals surface area (Å²) >= 11 is 0. The molecule has 4 nitrogen and oxygen atoms in total. The Morgan fingerprint density at radius 3 is 2.26 bits per heavy atom. The van der Waals surface area contributed by atoms with Gasteiger partial charge in [-0.1, -0.05) is 54.1 Å². The number of likely N-dealkylation sites (N-methyl/N-ethyl adjacent to an activating group) is 1. The number of nitrogens with one attached hydrogen (secondary N) is 1. The van der Waals surface area contributed by atoms with E-state index in [4.69, 9.17) is 0 Å². The number of fused-ring (bicyclic) bond motifs is 1. The van der Waals surface area contributed by atoms with Crippen LogP contribution in [0.15, 0.2) is 54.6 Å². The minimum absolute atomic E-state index is 0.00515. The molecule has 0 radical (unpaired) electrons. The van der Waals surface area contributed by atoms with Gasteiger partial charge in [0.1, 0.15) is 0 Å². The second kappa shape index (κ2) is 7.62. The van der Waals surface area contributed by atoms with Crippen molar-refractivity contribution in [3.8, 4) is 0 Å². The first-order valence-corrected chi connectivity index (χ1v) is 8.97. The molecule has 0 bridgehead atoms. The summed E-state index contributed by atoms with van der Waals surface area (Å²) in [6.07, 6.45) is 0. The summed E-state index contributed by atoms with van der Waals surface area (Å²) in [5, 5.41) is 4.85. The molecule has 0 aliphatic heterocycles. The minimum Gasteiger partial charge on any atom is -0.332 e. The van der Waals surface area contributed by atoms with Crippen molar-refractivity contribution in [2.75, 3.05) is 18.9 Å². The van der Waals surface area contributed by atoms with Crippen molar-refractivity contribution < 1.29 is 9.59 Å². The third-order valence-corrected chi connectivity index (χ3v) is 4.69. The maximum Gasteiger partial charge on any atom is 0.254 e. The van der Waals surface area contributed by atoms with Crippen LogP contribution in [0.25, 0.3) is 10.8 Å². The summed E-state index contributed by atoms with van der Waals surface area (Å²) in [5.74, 6) is -0.375. The molecular formula is C23H24N2O2. The van der Waals surface area contributed by atoms with Crippen molar-refractivity contribution in [3.63, 3.8) is 0 Å². The van der Waals surface area contributed by atoms with Gasteiger partial charge in [-0.2, -0.15) is 0 Å². The topological polar surface area (TPSA) is 49.4 Å². The summed E-state index contributed by atoms with van der Waals surface area (Å²) in [5.41, 5.74) is 4.61. The number of nitrogens with zero attached hydrogens (tertiary/aromatic N) is 1. The van der Waals surface area contributed by atoms with Crippen LogP contribution >= 0.6 is 0 Å². The van der Waals surface area contributed by atoms with Crippen LogP contribution in [-0.2, 0) is 4.79 Å². The lowest BCUT2D eigenvalue weighted by Gasteiger charge is -2.19. The quantitative estimate of drug-likeness (QED) is 0.746. The highest BCUT2D eigenvalue weighted by atomic mass is 16.2. The summed E-state index contributed by atoms with van der Waals surface area (Å²) in [6, 6.07) is 17.5. The molecule has 0 fully saturated rings. The largest absolute Gasteiger partial charge is 0.332 e. The van der Waals surface area contributed by atoms with Crippen LogP contribution < -0.4 is 5.32 Å². The van der Waals surface area contributed by atoms with Crippen LogP contribution in [0.5, 0.6) is 0 Å². The Kier molecular flexibility index (Phi) is 5.26. The molecule has 0 spiro atoms. The van der Waals surface area contributed by atoms with Crippen molar-refractivity contribution in [1.82, 2.24) is 4.90 Å². The third-order valence-electron chi connectivity index (χ3n) is 4.69. The number of carbonyl (C=O) groups excluding carboxylic acids is 2. The summed E-state index contributed by atoms with van der Waals surface area (Å²) < 4.78 is 0. The fraction of sp³-hybridized carbons (Fsp3) is 0.217. The second-order valence-corrected chi connectivity index (χ2v) is 7.01. The molecule has 0 aliphatic carbocycles. The molecule has 0 unspecified atom stereocenters. The van der Waals surface area contributed by atoms with Crippen molar-refractivity contribution >= 4 is 28.3 Å². The first-order chi connectivity index (χ1) is 12.9. The normalized spacial score (nSPS) is 10.7. The van der Waals surface area contributed by atoms with Crippen molar-refractivity contribution in [1.29, 1.82) is 0 Å². The van der Waals surface area contributed by atoms with Gasteiger partial charge in [0.15, 0.2) is 0 Å². The summed E-state index contributed by atoms with van der Waals surface area (Å²) in [7, 11) is 1.65. The molecule has 27 heavy (non-hydrogen) atoms. The first kappa shape index (κ1) is 18.6. The molecule has 2 amide bonds. The molecule has 3 aromatic carbocycles. The maximum absolute atomic E-state index is 12.9. The van der Waals surface area contributed by atoms with Crippen molar-refractivity contribution in [2.24, 2.45) is 0 Å². The zero-order valence-electron chi connectivity index (χ0n) is 16.2. The SMILES string of the molecule is Cc1cc(C)c(NC(=O)CN(C)C(=O)c2cccc3ccccc23)c(C)c1. The van der Waals surface area contributed by atoms with Crippen LogP contribution in [0, 0.1) is 20.8 Å². The lowest BCUT2D eigenvalue weighted by Crippen LogP contribution is -2.35. The zero-order chi connectivity index (χ0) is 19.6. The molecule has 0 saturated heterocycles. The number of hydrogen-bond donors (Lipinski definition) is 1. The molecule has 1 N–H and O–H groups in total. The van der Waals surface area contributed by atoms with E-state index in [1.54, 1.807) is 13.1 Å². The van der Waals surface area contributed by atoms with E-state index in [1.165, 1.54) is 4.90 Å². The van der Waals surface area contributed by atoms with Crippen molar-refractivity contribution in [2.45, 2.75) is 20.8 Å². The van der Waals surface area contributed by atoms with Crippen LogP contribution in [0.4, 0.5) is 5.69 Å². The predicted octanol–water partition coefficient (Wildman–Crippen LogP) is 4.48. The van der Waals surface area contributed by atoms with E-state index in [2.05, 4.69) is 5.32 Å². The fourth-order valence-electron chi connectivity index (χ4n) is 3.46. The molecule has 3 rings (SSSR count). The van der Waals surface area contributed by atoms with Crippen LogP contribution in [0.3, 0.4) is 0 Å². The van der Waals surface area contributed by atoms with E-state index < -0.39 is 0 Å². The molecule has 3 aromatic rings. The van der Waals surface area contributed by atoms with Gasteiger partial charge in [-0.3, -0.25) is 9.59 Å². The highest BCUT2D eigenvalue weighted by molar-refractivity contribution is 6.08. The molecule has 0 aliphatic rings. The van der Waals surface area contributed by atoms with Crippen LogP contribution in [-0.4, -0.2) is 30.3 Å². The van der Waals surface area contributed by atoms with E-state index in [0.29, 0.717) is 5.56 Å². The van der Waals surface area contributed by atoms with Gasteiger partial charge in [-0.05, 0) is 48.7 Å². The number of carbonyl (C=O) groups is 2. The summed E-state index contributed by atoms with van der Waals surface area (Å²) in [6.45, 7) is 5.97. The lowest BCUT2D eigenvalue weighted by molar-refractivity contribution is -0.116. The Morgan fingerprint density at radius 1 is 0.926 bits per heavy atom. The molecule has 0 aromatic heterocycles. The highest BCUT2D eigenvalue weighted by Gasteiger charge is 2.18. The number of anilines is 1. The smallest absolute Gasteiger partial charge is 0.254 e. The average Bonchev–Trinajstić information content (AvgIpc) is 2.63. The lowest BCUT2D eigenvalue weighted by atomic mass is 10.0. The van der Waals surface area contributed by atoms with Gasteiger partial charge in [0.05, 0.1) is 6.54 Å². The van der Waals surface area contributed by atoms with E-state index in [0.717, 1.165) is 33.2 Å². The third kappa shape index (κ3) is 4.00.